The summed E-state index contributed by atoms with van der Waals surface area (Å²) in [5.74, 6) is 1.11. The third-order valence-corrected chi connectivity index (χ3v) is 12.0. The van der Waals surface area contributed by atoms with E-state index in [2.05, 4.69) is 13.2 Å². The van der Waals surface area contributed by atoms with Crippen LogP contribution in [0, 0.1) is 29.6 Å². The van der Waals surface area contributed by atoms with Crippen LogP contribution in [-0.2, 0) is 29.4 Å². The number of esters is 2. The first kappa shape index (κ1) is 30.7. The smallest absolute Gasteiger partial charge is 0.334 e. The predicted octanol–water partition coefficient (Wildman–Crippen LogP) is 8.60. The summed E-state index contributed by atoms with van der Waals surface area (Å²) < 4.78 is 25.8. The molecule has 1 aromatic heterocycles. The van der Waals surface area contributed by atoms with Gasteiger partial charge in [0, 0.05) is 41.4 Å². The van der Waals surface area contributed by atoms with Gasteiger partial charge < -0.3 is 18.6 Å². The zero-order valence-corrected chi connectivity index (χ0v) is 26.3. The topological polar surface area (TPSA) is 75.0 Å². The van der Waals surface area contributed by atoms with Gasteiger partial charge in [-0.2, -0.15) is 0 Å². The molecule has 4 saturated carbocycles. The number of hydrogen-bond donors (Lipinski definition) is 0. The molecule has 4 unspecified atom stereocenters. The molecule has 0 aromatic carbocycles. The van der Waals surface area contributed by atoms with Gasteiger partial charge in [0.1, 0.15) is 11.4 Å². The third kappa shape index (κ3) is 5.66. The number of ether oxygens (including phenoxy) is 3. The van der Waals surface area contributed by atoms with Crippen molar-refractivity contribution in [3.63, 3.8) is 0 Å². The fraction of sp³-hybridized carbons (Fsp3) is 0.730. The van der Waals surface area contributed by atoms with E-state index >= 15 is 0 Å². The summed E-state index contributed by atoms with van der Waals surface area (Å²) in [6.45, 7) is 10.7. The molecule has 1 aromatic rings. The number of carbonyl (C=O) groups excluding carboxylic acids is 2. The second-order valence-corrected chi connectivity index (χ2v) is 14.4. The van der Waals surface area contributed by atoms with E-state index in [1.165, 1.54) is 0 Å². The van der Waals surface area contributed by atoms with E-state index in [0.717, 1.165) is 115 Å². The average molecular weight is 593 g/mol. The minimum Gasteiger partial charge on any atom is -0.465 e. The van der Waals surface area contributed by atoms with Gasteiger partial charge in [-0.05, 0) is 95.6 Å². The van der Waals surface area contributed by atoms with Crippen molar-refractivity contribution in [3.8, 4) is 0 Å². The van der Waals surface area contributed by atoms with Gasteiger partial charge in [0.05, 0.1) is 12.4 Å². The Balaban J connectivity index is 1.26. The average Bonchev–Trinajstić information content (AvgIpc) is 3.87. The summed E-state index contributed by atoms with van der Waals surface area (Å²) in [7, 11) is 0. The highest BCUT2D eigenvalue weighted by Gasteiger charge is 2.59. The highest BCUT2D eigenvalue weighted by molar-refractivity contribution is 5.89. The van der Waals surface area contributed by atoms with Crippen LogP contribution in [0.5, 0.6) is 0 Å². The summed E-state index contributed by atoms with van der Waals surface area (Å²) in [6.07, 6.45) is 19.2. The van der Waals surface area contributed by atoms with Crippen molar-refractivity contribution in [3.05, 3.63) is 48.5 Å². The number of rotatable bonds is 11. The molecule has 1 saturated heterocycles. The van der Waals surface area contributed by atoms with Crippen LogP contribution in [0.2, 0.25) is 0 Å². The van der Waals surface area contributed by atoms with Crippen molar-refractivity contribution in [2.24, 2.45) is 29.6 Å². The first-order valence-electron chi connectivity index (χ1n) is 17.3. The second kappa shape index (κ2) is 12.9. The van der Waals surface area contributed by atoms with Crippen molar-refractivity contribution >= 4 is 11.9 Å². The fourth-order valence-corrected chi connectivity index (χ4v) is 9.91. The molecule has 4 atom stereocenters. The van der Waals surface area contributed by atoms with Crippen molar-refractivity contribution in [1.82, 2.24) is 0 Å². The number of furan rings is 1. The summed E-state index contributed by atoms with van der Waals surface area (Å²) in [5, 5.41) is 0. The number of carbonyl (C=O) groups is 2. The van der Waals surface area contributed by atoms with Gasteiger partial charge in [-0.1, -0.05) is 51.7 Å². The molecule has 236 valence electrons. The van der Waals surface area contributed by atoms with Crippen LogP contribution in [0.3, 0.4) is 0 Å². The molecule has 5 aliphatic rings. The Kier molecular flexibility index (Phi) is 9.24. The molecule has 2 heterocycles. The van der Waals surface area contributed by atoms with E-state index in [1.54, 1.807) is 13.2 Å². The van der Waals surface area contributed by atoms with Crippen LogP contribution in [0.1, 0.15) is 122 Å². The van der Waals surface area contributed by atoms with E-state index in [0.29, 0.717) is 17.8 Å². The summed E-state index contributed by atoms with van der Waals surface area (Å²) in [6, 6.07) is 3.95. The van der Waals surface area contributed by atoms with Crippen LogP contribution in [0.15, 0.2) is 47.1 Å². The zero-order valence-electron chi connectivity index (χ0n) is 26.3. The van der Waals surface area contributed by atoms with Crippen molar-refractivity contribution < 1.29 is 28.2 Å². The Labute approximate surface area is 258 Å². The molecular weight excluding hydrogens is 540 g/mol. The number of hydrogen-bond acceptors (Lipinski definition) is 6. The third-order valence-electron chi connectivity index (χ3n) is 12.0. The Bertz CT molecular complexity index is 1110. The van der Waals surface area contributed by atoms with E-state index in [9.17, 15) is 9.59 Å². The fourth-order valence-electron chi connectivity index (χ4n) is 9.91. The second-order valence-electron chi connectivity index (χ2n) is 14.4. The predicted molar refractivity (Wildman–Crippen MR) is 165 cm³/mol. The Morgan fingerprint density at radius 2 is 1.40 bits per heavy atom. The lowest BCUT2D eigenvalue weighted by atomic mass is 9.70. The molecule has 0 bridgehead atoms. The quantitative estimate of drug-likeness (QED) is 0.189. The Morgan fingerprint density at radius 1 is 0.767 bits per heavy atom. The minimum absolute atomic E-state index is 0.00957. The van der Waals surface area contributed by atoms with Gasteiger partial charge in [-0.25, -0.2) is 9.59 Å². The molecule has 43 heavy (non-hydrogen) atoms. The monoisotopic (exact) mass is 592 g/mol. The van der Waals surface area contributed by atoms with Crippen molar-refractivity contribution in [2.45, 2.75) is 133 Å². The molecule has 5 fully saturated rings. The molecule has 6 nitrogen and oxygen atoms in total. The largest absolute Gasteiger partial charge is 0.465 e. The summed E-state index contributed by atoms with van der Waals surface area (Å²) in [5.41, 5.74) is -0.422. The van der Waals surface area contributed by atoms with E-state index in [1.807, 2.05) is 12.1 Å². The van der Waals surface area contributed by atoms with Crippen molar-refractivity contribution in [2.75, 3.05) is 6.61 Å². The van der Waals surface area contributed by atoms with E-state index < -0.39 is 11.2 Å². The van der Waals surface area contributed by atoms with Crippen LogP contribution in [0.25, 0.3) is 0 Å². The molecule has 1 aliphatic heterocycles. The molecule has 4 aliphatic carbocycles. The molecular formula is C37H52O6. The highest BCUT2D eigenvalue weighted by atomic mass is 16.6. The van der Waals surface area contributed by atoms with Crippen molar-refractivity contribution in [1.29, 1.82) is 0 Å². The van der Waals surface area contributed by atoms with Gasteiger partial charge in [0.15, 0.2) is 5.60 Å². The van der Waals surface area contributed by atoms with E-state index in [4.69, 9.17) is 18.6 Å². The lowest BCUT2D eigenvalue weighted by Crippen LogP contribution is -2.56. The molecule has 0 radical (unpaired) electrons. The van der Waals surface area contributed by atoms with Gasteiger partial charge in [-0.15, -0.1) is 0 Å². The maximum atomic E-state index is 14.2. The van der Waals surface area contributed by atoms with Gasteiger partial charge >= 0.3 is 11.9 Å². The van der Waals surface area contributed by atoms with Gasteiger partial charge in [-0.3, -0.25) is 0 Å². The normalized spacial score (nSPS) is 28.7. The standard InChI is InChI=1S/C37H52O6/c1-25(2)34(38)42-37(30-16-8-9-17-30,33-19-11-23-41-33)31-21-20-27(24-31)26(3)35(39)43-36(28-12-4-5-13-28,29-14-6-7-15-29)32-18-10-22-40-32/h10,18,22,27-31,33H,1,3-9,11-17,19-21,23-24H2,2H3. The SMILES string of the molecule is C=C(C)C(=O)OC(C1CCCC1)(C1CCC(C(=C)C(=O)OC(c2ccco2)(C2CCCC2)C2CCCC2)C1)C1CCCO1. The Hall–Kier alpha value is -2.34. The lowest BCUT2D eigenvalue weighted by molar-refractivity contribution is -0.198. The van der Waals surface area contributed by atoms with Crippen LogP contribution >= 0.6 is 0 Å². The zero-order chi connectivity index (χ0) is 30.0. The maximum absolute atomic E-state index is 14.2. The minimum atomic E-state index is -0.725. The first-order valence-corrected chi connectivity index (χ1v) is 17.3. The summed E-state index contributed by atoms with van der Waals surface area (Å²) in [4.78, 5) is 27.4. The molecule has 0 spiro atoms. The van der Waals surface area contributed by atoms with Gasteiger partial charge in [0.25, 0.3) is 0 Å². The van der Waals surface area contributed by atoms with E-state index in [-0.39, 0.29) is 47.6 Å². The van der Waals surface area contributed by atoms with Gasteiger partial charge in [0.2, 0.25) is 0 Å². The molecule has 0 amide bonds. The summed E-state index contributed by atoms with van der Waals surface area (Å²) >= 11 is 0. The lowest BCUT2D eigenvalue weighted by Gasteiger charge is -2.47. The molecule has 6 heteroatoms. The van der Waals surface area contributed by atoms with Crippen LogP contribution in [0.4, 0.5) is 0 Å². The molecule has 0 N–H and O–H groups in total. The first-order chi connectivity index (χ1) is 20.9. The van der Waals surface area contributed by atoms with Crippen LogP contribution < -0.4 is 0 Å². The maximum Gasteiger partial charge on any atom is 0.334 e. The van der Waals surface area contributed by atoms with Crippen LogP contribution in [-0.4, -0.2) is 30.3 Å². The molecule has 6 rings (SSSR count). The highest BCUT2D eigenvalue weighted by Crippen LogP contribution is 2.56. The Morgan fingerprint density at radius 3 is 1.93 bits per heavy atom.